The lowest BCUT2D eigenvalue weighted by atomic mass is 10.1. The average Bonchev–Trinajstić information content (AvgIpc) is 3.03. The zero-order valence-corrected chi connectivity index (χ0v) is 12.9. The second-order valence-corrected chi connectivity index (χ2v) is 5.49. The molecule has 2 aromatic carbocycles. The number of anilines is 1. The lowest BCUT2D eigenvalue weighted by molar-refractivity contribution is 0.102. The summed E-state index contributed by atoms with van der Waals surface area (Å²) in [5.74, 6) is -0.522. The zero-order valence-electron chi connectivity index (χ0n) is 12.1. The molecule has 6 heteroatoms. The lowest BCUT2D eigenvalue weighted by Crippen LogP contribution is -2.12. The fourth-order valence-electron chi connectivity index (χ4n) is 2.23. The highest BCUT2D eigenvalue weighted by Gasteiger charge is 2.12. The van der Waals surface area contributed by atoms with Crippen LogP contribution < -0.4 is 5.32 Å². The summed E-state index contributed by atoms with van der Waals surface area (Å²) in [5, 5.41) is 12.9. The first-order chi connectivity index (χ1) is 11.1. The first kappa shape index (κ1) is 15.1. The van der Waals surface area contributed by atoms with Crippen molar-refractivity contribution >= 4 is 23.2 Å². The molecule has 0 aliphatic carbocycles. The highest BCUT2D eigenvalue weighted by Crippen LogP contribution is 2.23. The number of nitrogens with one attached hydrogen (secondary N) is 1. The summed E-state index contributed by atoms with van der Waals surface area (Å²) in [6.45, 7) is 0.659. The number of hydrogen-bond acceptors (Lipinski definition) is 3. The largest absolute Gasteiger partial charge is 0.507 e. The number of phenols is 1. The molecule has 0 fully saturated rings. The quantitative estimate of drug-likeness (QED) is 0.770. The second-order valence-electron chi connectivity index (χ2n) is 5.05. The van der Waals surface area contributed by atoms with E-state index >= 15 is 0 Å². The number of halogens is 1. The molecule has 0 atom stereocenters. The molecule has 0 spiro atoms. The Bertz CT molecular complexity index is 832. The Kier molecular flexibility index (Phi) is 4.30. The fourth-order valence-corrected chi connectivity index (χ4v) is 2.40. The van der Waals surface area contributed by atoms with Crippen LogP contribution in [0.5, 0.6) is 5.75 Å². The van der Waals surface area contributed by atoms with Crippen LogP contribution in [0, 0.1) is 0 Å². The molecule has 3 aromatic rings. The number of aromatic hydroxyl groups is 1. The molecule has 0 unspecified atom stereocenters. The van der Waals surface area contributed by atoms with Crippen molar-refractivity contribution in [3.05, 3.63) is 77.3 Å². The van der Waals surface area contributed by atoms with Crippen molar-refractivity contribution in [1.29, 1.82) is 0 Å². The number of phenolic OH excluding ortho intramolecular Hbond substituents is 1. The predicted octanol–water partition coefficient (Wildman–Crippen LogP) is 3.54. The number of carbonyl (C=O) groups excluding carboxylic acids is 1. The minimum absolute atomic E-state index is 0.110. The van der Waals surface area contributed by atoms with E-state index < -0.39 is 5.91 Å². The molecule has 1 heterocycles. The topological polar surface area (TPSA) is 67.2 Å². The minimum Gasteiger partial charge on any atom is -0.507 e. The highest BCUT2D eigenvalue weighted by atomic mass is 35.5. The third-order valence-electron chi connectivity index (χ3n) is 3.31. The number of benzene rings is 2. The number of nitrogens with zero attached hydrogens (tertiary/aromatic N) is 2. The lowest BCUT2D eigenvalue weighted by Gasteiger charge is -2.09. The van der Waals surface area contributed by atoms with Gasteiger partial charge in [0.2, 0.25) is 0 Å². The van der Waals surface area contributed by atoms with Crippen LogP contribution in [0.1, 0.15) is 15.9 Å². The molecule has 1 amide bonds. The number of aromatic nitrogens is 2. The van der Waals surface area contributed by atoms with Gasteiger partial charge >= 0.3 is 0 Å². The maximum atomic E-state index is 12.3. The van der Waals surface area contributed by atoms with E-state index in [1.54, 1.807) is 18.6 Å². The van der Waals surface area contributed by atoms with Crippen molar-refractivity contribution in [2.45, 2.75) is 6.54 Å². The molecule has 0 aliphatic heterocycles. The van der Waals surface area contributed by atoms with Crippen molar-refractivity contribution in [3.8, 4) is 5.75 Å². The van der Waals surface area contributed by atoms with Gasteiger partial charge in [-0.25, -0.2) is 4.98 Å². The van der Waals surface area contributed by atoms with Crippen LogP contribution in [0.2, 0.25) is 5.02 Å². The Labute approximate surface area is 138 Å². The zero-order chi connectivity index (χ0) is 16.2. The molecule has 0 saturated heterocycles. The van der Waals surface area contributed by atoms with Gasteiger partial charge in [0.1, 0.15) is 5.75 Å². The van der Waals surface area contributed by atoms with Crippen LogP contribution in [0.15, 0.2) is 61.2 Å². The summed E-state index contributed by atoms with van der Waals surface area (Å²) in [4.78, 5) is 16.3. The smallest absolute Gasteiger partial charge is 0.259 e. The Morgan fingerprint density at radius 2 is 2.13 bits per heavy atom. The van der Waals surface area contributed by atoms with Crippen LogP contribution in [0.4, 0.5) is 5.69 Å². The summed E-state index contributed by atoms with van der Waals surface area (Å²) < 4.78 is 1.93. The van der Waals surface area contributed by atoms with E-state index in [4.69, 9.17) is 11.6 Å². The number of hydrogen-bond donors (Lipinski definition) is 2. The molecule has 2 N–H and O–H groups in total. The Hall–Kier alpha value is -2.79. The molecular formula is C17H14ClN3O2. The van der Waals surface area contributed by atoms with Crippen molar-refractivity contribution in [1.82, 2.24) is 9.55 Å². The van der Waals surface area contributed by atoms with Crippen LogP contribution in [-0.2, 0) is 6.54 Å². The SMILES string of the molecule is O=C(Nc1cccc(Cn2ccnc2)c1)c1cc(Cl)ccc1O. The summed E-state index contributed by atoms with van der Waals surface area (Å²) in [7, 11) is 0. The summed E-state index contributed by atoms with van der Waals surface area (Å²) >= 11 is 5.87. The molecule has 0 aliphatic rings. The van der Waals surface area contributed by atoms with E-state index in [1.165, 1.54) is 18.2 Å². The summed E-state index contributed by atoms with van der Waals surface area (Å²) in [6.07, 6.45) is 5.32. The monoisotopic (exact) mass is 327 g/mol. The highest BCUT2D eigenvalue weighted by molar-refractivity contribution is 6.31. The van der Waals surface area contributed by atoms with Gasteiger partial charge in [-0.1, -0.05) is 23.7 Å². The van der Waals surface area contributed by atoms with E-state index in [9.17, 15) is 9.90 Å². The van der Waals surface area contributed by atoms with Crippen molar-refractivity contribution in [2.75, 3.05) is 5.32 Å². The molecule has 5 nitrogen and oxygen atoms in total. The van der Waals surface area contributed by atoms with Gasteiger partial charge in [-0.05, 0) is 35.9 Å². The first-order valence-corrected chi connectivity index (χ1v) is 7.34. The molecular weight excluding hydrogens is 314 g/mol. The third kappa shape index (κ3) is 3.70. The van der Waals surface area contributed by atoms with E-state index in [0.717, 1.165) is 5.56 Å². The molecule has 0 bridgehead atoms. The van der Waals surface area contributed by atoms with E-state index in [0.29, 0.717) is 17.3 Å². The molecule has 23 heavy (non-hydrogen) atoms. The minimum atomic E-state index is -0.412. The van der Waals surface area contributed by atoms with Gasteiger partial charge in [-0.15, -0.1) is 0 Å². The van der Waals surface area contributed by atoms with Gasteiger partial charge in [0.15, 0.2) is 0 Å². The fraction of sp³-hybridized carbons (Fsp3) is 0.0588. The Balaban J connectivity index is 1.77. The van der Waals surface area contributed by atoms with E-state index in [1.807, 2.05) is 29.0 Å². The van der Waals surface area contributed by atoms with Crippen molar-refractivity contribution in [2.24, 2.45) is 0 Å². The maximum absolute atomic E-state index is 12.3. The number of amides is 1. The van der Waals surface area contributed by atoms with Gasteiger partial charge in [-0.2, -0.15) is 0 Å². The van der Waals surface area contributed by atoms with Crippen LogP contribution >= 0.6 is 11.6 Å². The molecule has 0 radical (unpaired) electrons. The molecule has 3 rings (SSSR count). The Morgan fingerprint density at radius 3 is 2.91 bits per heavy atom. The summed E-state index contributed by atoms with van der Waals surface area (Å²) in [5.41, 5.74) is 1.81. The van der Waals surface area contributed by atoms with Crippen molar-refractivity contribution in [3.63, 3.8) is 0 Å². The summed E-state index contributed by atoms with van der Waals surface area (Å²) in [6, 6.07) is 11.8. The third-order valence-corrected chi connectivity index (χ3v) is 3.55. The number of imidazole rings is 1. The standard InChI is InChI=1S/C17H14ClN3O2/c18-13-4-5-16(22)15(9-13)17(23)20-14-3-1-2-12(8-14)10-21-7-6-19-11-21/h1-9,11,22H,10H2,(H,20,23). The molecule has 1 aromatic heterocycles. The number of rotatable bonds is 4. The Morgan fingerprint density at radius 1 is 1.26 bits per heavy atom. The average molecular weight is 328 g/mol. The van der Waals surface area contributed by atoms with E-state index in [2.05, 4.69) is 10.3 Å². The second kappa shape index (κ2) is 6.54. The maximum Gasteiger partial charge on any atom is 0.259 e. The predicted molar refractivity (Wildman–Crippen MR) is 88.8 cm³/mol. The van der Waals surface area contributed by atoms with Crippen LogP contribution in [0.3, 0.4) is 0 Å². The van der Waals surface area contributed by atoms with Crippen molar-refractivity contribution < 1.29 is 9.90 Å². The van der Waals surface area contributed by atoms with Gasteiger partial charge in [0, 0.05) is 29.6 Å². The van der Waals surface area contributed by atoms with Crippen LogP contribution in [0.25, 0.3) is 0 Å². The van der Waals surface area contributed by atoms with Crippen LogP contribution in [-0.4, -0.2) is 20.6 Å². The normalized spacial score (nSPS) is 10.5. The van der Waals surface area contributed by atoms with E-state index in [-0.39, 0.29) is 11.3 Å². The van der Waals surface area contributed by atoms with Gasteiger partial charge in [0.05, 0.1) is 11.9 Å². The first-order valence-electron chi connectivity index (χ1n) is 6.96. The van der Waals surface area contributed by atoms with Gasteiger partial charge in [0.25, 0.3) is 5.91 Å². The molecule has 0 saturated carbocycles. The van der Waals surface area contributed by atoms with Gasteiger partial charge in [-0.3, -0.25) is 4.79 Å². The van der Waals surface area contributed by atoms with Gasteiger partial charge < -0.3 is 15.0 Å². The molecule has 116 valence electrons. The number of carbonyl (C=O) groups is 1.